The monoisotopic (exact) mass is 357 g/mol. The SMILES string of the molecule is Cc1cc(C2CCCN2C(=O)c2cc(-c3cccc(Cl)c3)on2)no1. The van der Waals surface area contributed by atoms with Gasteiger partial charge in [-0.15, -0.1) is 0 Å². The van der Waals surface area contributed by atoms with Crippen LogP contribution in [0.25, 0.3) is 11.3 Å². The summed E-state index contributed by atoms with van der Waals surface area (Å²) in [7, 11) is 0. The van der Waals surface area contributed by atoms with Gasteiger partial charge in [-0.3, -0.25) is 4.79 Å². The molecule has 1 aliphatic rings. The zero-order chi connectivity index (χ0) is 17.4. The van der Waals surface area contributed by atoms with E-state index < -0.39 is 0 Å². The van der Waals surface area contributed by atoms with Crippen LogP contribution in [0, 0.1) is 6.92 Å². The van der Waals surface area contributed by atoms with Gasteiger partial charge in [-0.2, -0.15) is 0 Å². The average molecular weight is 358 g/mol. The molecule has 0 bridgehead atoms. The summed E-state index contributed by atoms with van der Waals surface area (Å²) in [6, 6.07) is 10.7. The first-order chi connectivity index (χ1) is 12.1. The Morgan fingerprint density at radius 3 is 2.88 bits per heavy atom. The lowest BCUT2D eigenvalue weighted by Gasteiger charge is -2.21. The molecule has 1 aliphatic heterocycles. The largest absolute Gasteiger partial charge is 0.361 e. The third kappa shape index (κ3) is 3.05. The maximum Gasteiger partial charge on any atom is 0.276 e. The summed E-state index contributed by atoms with van der Waals surface area (Å²) in [5.74, 6) is 1.08. The molecular weight excluding hydrogens is 342 g/mol. The van der Waals surface area contributed by atoms with Gasteiger partial charge in [0.2, 0.25) is 0 Å². The van der Waals surface area contributed by atoms with E-state index in [0.717, 1.165) is 29.9 Å². The number of likely N-dealkylation sites (tertiary alicyclic amines) is 1. The highest BCUT2D eigenvalue weighted by Gasteiger charge is 2.34. The van der Waals surface area contributed by atoms with Crippen molar-refractivity contribution in [2.24, 2.45) is 0 Å². The van der Waals surface area contributed by atoms with E-state index in [1.54, 1.807) is 23.1 Å². The summed E-state index contributed by atoms with van der Waals surface area (Å²) in [6.07, 6.45) is 1.78. The van der Waals surface area contributed by atoms with Crippen molar-refractivity contribution < 1.29 is 13.8 Å². The predicted molar refractivity (Wildman–Crippen MR) is 91.2 cm³/mol. The van der Waals surface area contributed by atoms with Gasteiger partial charge in [-0.05, 0) is 31.9 Å². The summed E-state index contributed by atoms with van der Waals surface area (Å²) in [6.45, 7) is 2.50. The summed E-state index contributed by atoms with van der Waals surface area (Å²) in [5, 5.41) is 8.61. The van der Waals surface area contributed by atoms with Crippen molar-refractivity contribution in [2.75, 3.05) is 6.54 Å². The van der Waals surface area contributed by atoms with Gasteiger partial charge in [0.15, 0.2) is 11.5 Å². The molecule has 1 atom stereocenters. The first-order valence-electron chi connectivity index (χ1n) is 8.08. The van der Waals surface area contributed by atoms with Crippen LogP contribution in [0.15, 0.2) is 45.4 Å². The zero-order valence-corrected chi connectivity index (χ0v) is 14.4. The maximum atomic E-state index is 12.9. The highest BCUT2D eigenvalue weighted by molar-refractivity contribution is 6.30. The molecule has 1 unspecified atom stereocenters. The summed E-state index contributed by atoms with van der Waals surface area (Å²) in [5.41, 5.74) is 1.84. The van der Waals surface area contributed by atoms with Crippen molar-refractivity contribution in [2.45, 2.75) is 25.8 Å². The van der Waals surface area contributed by atoms with Crippen molar-refractivity contribution in [3.63, 3.8) is 0 Å². The Balaban J connectivity index is 1.58. The number of carbonyl (C=O) groups is 1. The van der Waals surface area contributed by atoms with Crippen molar-refractivity contribution in [1.29, 1.82) is 0 Å². The van der Waals surface area contributed by atoms with Crippen molar-refractivity contribution in [1.82, 2.24) is 15.2 Å². The minimum Gasteiger partial charge on any atom is -0.361 e. The molecular formula is C18H16ClN3O3. The molecule has 0 N–H and O–H groups in total. The zero-order valence-electron chi connectivity index (χ0n) is 13.6. The Morgan fingerprint density at radius 1 is 1.24 bits per heavy atom. The number of halogens is 1. The number of benzene rings is 1. The van der Waals surface area contributed by atoms with Gasteiger partial charge in [0.1, 0.15) is 11.5 Å². The van der Waals surface area contributed by atoms with Gasteiger partial charge in [-0.1, -0.05) is 34.0 Å². The number of aryl methyl sites for hydroxylation is 1. The van der Waals surface area contributed by atoms with Crippen LogP contribution in [0.5, 0.6) is 0 Å². The van der Waals surface area contributed by atoms with Crippen LogP contribution in [0.1, 0.15) is 40.8 Å². The van der Waals surface area contributed by atoms with E-state index in [-0.39, 0.29) is 17.6 Å². The molecule has 128 valence electrons. The van der Waals surface area contributed by atoms with E-state index in [2.05, 4.69) is 10.3 Å². The molecule has 1 amide bonds. The van der Waals surface area contributed by atoms with E-state index in [9.17, 15) is 4.79 Å². The number of hydrogen-bond donors (Lipinski definition) is 0. The van der Waals surface area contributed by atoms with Crippen molar-refractivity contribution >= 4 is 17.5 Å². The normalized spacial score (nSPS) is 17.2. The van der Waals surface area contributed by atoms with Gasteiger partial charge in [0.05, 0.1) is 6.04 Å². The molecule has 1 aromatic carbocycles. The predicted octanol–water partition coefficient (Wildman–Crippen LogP) is 4.27. The number of aromatic nitrogens is 2. The fourth-order valence-corrected chi connectivity index (χ4v) is 3.35. The Morgan fingerprint density at radius 2 is 2.12 bits per heavy atom. The highest BCUT2D eigenvalue weighted by atomic mass is 35.5. The fourth-order valence-electron chi connectivity index (χ4n) is 3.16. The van der Waals surface area contributed by atoms with E-state index in [4.69, 9.17) is 20.6 Å². The molecule has 3 heterocycles. The van der Waals surface area contributed by atoms with Crippen LogP contribution in [0.4, 0.5) is 0 Å². The number of amides is 1. The van der Waals surface area contributed by atoms with Crippen LogP contribution in [0.2, 0.25) is 5.02 Å². The molecule has 0 radical (unpaired) electrons. The Hall–Kier alpha value is -2.60. The fraction of sp³-hybridized carbons (Fsp3) is 0.278. The first-order valence-corrected chi connectivity index (χ1v) is 8.46. The third-order valence-corrected chi connectivity index (χ3v) is 4.57. The molecule has 25 heavy (non-hydrogen) atoms. The van der Waals surface area contributed by atoms with E-state index in [1.807, 2.05) is 25.1 Å². The molecule has 7 heteroatoms. The van der Waals surface area contributed by atoms with Gasteiger partial charge >= 0.3 is 0 Å². The number of rotatable bonds is 3. The van der Waals surface area contributed by atoms with Crippen molar-refractivity contribution in [3.8, 4) is 11.3 Å². The molecule has 4 rings (SSSR count). The Kier molecular flexibility index (Phi) is 4.05. The van der Waals surface area contributed by atoms with Crippen LogP contribution in [-0.4, -0.2) is 27.7 Å². The minimum atomic E-state index is -0.166. The molecule has 1 fully saturated rings. The first kappa shape index (κ1) is 15.9. The Labute approximate surface area is 149 Å². The highest BCUT2D eigenvalue weighted by Crippen LogP contribution is 2.33. The quantitative estimate of drug-likeness (QED) is 0.700. The molecule has 0 saturated carbocycles. The lowest BCUT2D eigenvalue weighted by molar-refractivity contribution is 0.0720. The molecule has 0 aliphatic carbocycles. The third-order valence-electron chi connectivity index (χ3n) is 4.34. The number of hydrogen-bond acceptors (Lipinski definition) is 5. The second-order valence-electron chi connectivity index (χ2n) is 6.11. The van der Waals surface area contributed by atoms with Gasteiger partial charge < -0.3 is 13.9 Å². The van der Waals surface area contributed by atoms with Crippen LogP contribution in [-0.2, 0) is 0 Å². The number of carbonyl (C=O) groups excluding carboxylic acids is 1. The van der Waals surface area contributed by atoms with Gasteiger partial charge in [0, 0.05) is 29.3 Å². The maximum absolute atomic E-state index is 12.9. The standard InChI is InChI=1S/C18H16ClN3O3/c1-11-8-14(20-24-11)16-6-3-7-22(16)18(23)15-10-17(25-21-15)12-4-2-5-13(19)9-12/h2,4-5,8-10,16H,3,6-7H2,1H3. The second-order valence-corrected chi connectivity index (χ2v) is 6.54. The van der Waals surface area contributed by atoms with Crippen LogP contribution < -0.4 is 0 Å². The van der Waals surface area contributed by atoms with Crippen LogP contribution >= 0.6 is 11.6 Å². The number of nitrogens with zero attached hydrogens (tertiary/aromatic N) is 3. The Bertz CT molecular complexity index is 918. The average Bonchev–Trinajstić information content (AvgIpc) is 3.34. The lowest BCUT2D eigenvalue weighted by atomic mass is 10.1. The summed E-state index contributed by atoms with van der Waals surface area (Å²) < 4.78 is 10.5. The van der Waals surface area contributed by atoms with Crippen LogP contribution in [0.3, 0.4) is 0 Å². The smallest absolute Gasteiger partial charge is 0.276 e. The molecule has 6 nitrogen and oxygen atoms in total. The van der Waals surface area contributed by atoms with E-state index in [1.165, 1.54) is 0 Å². The lowest BCUT2D eigenvalue weighted by Crippen LogP contribution is -2.30. The van der Waals surface area contributed by atoms with E-state index >= 15 is 0 Å². The van der Waals surface area contributed by atoms with Crippen molar-refractivity contribution in [3.05, 3.63) is 58.6 Å². The van der Waals surface area contributed by atoms with Gasteiger partial charge in [-0.25, -0.2) is 0 Å². The summed E-state index contributed by atoms with van der Waals surface area (Å²) >= 11 is 6.00. The molecule has 2 aromatic heterocycles. The van der Waals surface area contributed by atoms with E-state index in [0.29, 0.717) is 17.3 Å². The summed E-state index contributed by atoms with van der Waals surface area (Å²) in [4.78, 5) is 14.6. The van der Waals surface area contributed by atoms with Gasteiger partial charge in [0.25, 0.3) is 5.91 Å². The molecule has 3 aromatic rings. The topological polar surface area (TPSA) is 72.4 Å². The minimum absolute atomic E-state index is 0.0868. The second kappa shape index (κ2) is 6.37. The molecule has 1 saturated heterocycles. The molecule has 0 spiro atoms.